The summed E-state index contributed by atoms with van der Waals surface area (Å²) in [7, 11) is 0.148. The number of nitrogens with zero attached hydrogens (tertiary/aromatic N) is 1. The second kappa shape index (κ2) is 7.50. The molecule has 0 radical (unpaired) electrons. The average molecular weight is 394 g/mol. The maximum absolute atomic E-state index is 12.8. The molecule has 2 fully saturated rings. The van der Waals surface area contributed by atoms with Gasteiger partial charge in [0.25, 0.3) is 0 Å². The zero-order valence-electron chi connectivity index (χ0n) is 15.7. The fourth-order valence-corrected chi connectivity index (χ4v) is 5.30. The van der Waals surface area contributed by atoms with Gasteiger partial charge in [-0.2, -0.15) is 0 Å². The van der Waals surface area contributed by atoms with Crippen LogP contribution >= 0.6 is 0 Å². The molecule has 1 aromatic rings. The van der Waals surface area contributed by atoms with E-state index in [4.69, 9.17) is 4.74 Å². The summed E-state index contributed by atoms with van der Waals surface area (Å²) in [6.07, 6.45) is 2.14. The van der Waals surface area contributed by atoms with Gasteiger partial charge in [-0.1, -0.05) is 12.1 Å². The first-order valence-corrected chi connectivity index (χ1v) is 11.0. The average Bonchev–Trinajstić information content (AvgIpc) is 3.39. The molecule has 0 aromatic heterocycles. The highest BCUT2D eigenvalue weighted by Gasteiger charge is 2.58. The molecule has 1 aliphatic heterocycles. The molecule has 0 spiro atoms. The normalized spacial score (nSPS) is 22.1. The van der Waals surface area contributed by atoms with E-state index in [1.807, 2.05) is 24.3 Å². The molecule has 3 rings (SSSR count). The van der Waals surface area contributed by atoms with Gasteiger partial charge in [-0.3, -0.25) is 9.59 Å². The summed E-state index contributed by atoms with van der Waals surface area (Å²) in [6.45, 7) is 0.446. The molecular weight excluding hydrogens is 368 g/mol. The summed E-state index contributed by atoms with van der Waals surface area (Å²) >= 11 is 0. The van der Waals surface area contributed by atoms with Gasteiger partial charge < -0.3 is 15.0 Å². The third-order valence-corrected chi connectivity index (χ3v) is 7.28. The first-order chi connectivity index (χ1) is 12.8. The van der Waals surface area contributed by atoms with Crippen LogP contribution in [0, 0.1) is 5.41 Å². The van der Waals surface area contributed by atoms with Gasteiger partial charge in [0.05, 0.1) is 18.6 Å². The van der Waals surface area contributed by atoms with Crippen LogP contribution in [0.3, 0.4) is 0 Å². The predicted molar refractivity (Wildman–Crippen MR) is 101 cm³/mol. The summed E-state index contributed by atoms with van der Waals surface area (Å²) in [5.41, 5.74) is 0.0571. The van der Waals surface area contributed by atoms with E-state index in [0.717, 1.165) is 11.3 Å². The van der Waals surface area contributed by atoms with Crippen molar-refractivity contribution in [1.29, 1.82) is 0 Å². The molecule has 1 N–H and O–H groups in total. The minimum absolute atomic E-state index is 0.00952. The molecule has 1 saturated heterocycles. The number of amides is 2. The van der Waals surface area contributed by atoms with E-state index in [0.29, 0.717) is 32.2 Å². The Morgan fingerprint density at radius 3 is 2.44 bits per heavy atom. The molecule has 1 aliphatic carbocycles. The van der Waals surface area contributed by atoms with Crippen LogP contribution < -0.4 is 10.1 Å². The Morgan fingerprint density at radius 2 is 1.93 bits per heavy atom. The van der Waals surface area contributed by atoms with Crippen LogP contribution in [-0.4, -0.2) is 63.4 Å². The lowest BCUT2D eigenvalue weighted by molar-refractivity contribution is -0.144. The molecule has 0 bridgehead atoms. The van der Waals surface area contributed by atoms with Gasteiger partial charge in [0.1, 0.15) is 11.2 Å². The van der Waals surface area contributed by atoms with E-state index in [9.17, 15) is 18.0 Å². The number of rotatable bonds is 7. The van der Waals surface area contributed by atoms with E-state index >= 15 is 0 Å². The number of hydrogen-bond acceptors (Lipinski definition) is 5. The van der Waals surface area contributed by atoms with Crippen LogP contribution in [0.2, 0.25) is 0 Å². The van der Waals surface area contributed by atoms with Crippen LogP contribution in [0.4, 0.5) is 0 Å². The van der Waals surface area contributed by atoms with Crippen molar-refractivity contribution in [3.63, 3.8) is 0 Å². The van der Waals surface area contributed by atoms with E-state index in [2.05, 4.69) is 5.32 Å². The Bertz CT molecular complexity index is 815. The van der Waals surface area contributed by atoms with E-state index in [-0.39, 0.29) is 29.4 Å². The monoisotopic (exact) mass is 394 g/mol. The van der Waals surface area contributed by atoms with Crippen molar-refractivity contribution in [2.75, 3.05) is 32.2 Å². The molecule has 1 unspecified atom stereocenters. The molecule has 8 heteroatoms. The van der Waals surface area contributed by atoms with Gasteiger partial charge in [-0.05, 0) is 43.4 Å². The second-order valence-corrected chi connectivity index (χ2v) is 9.64. The molecule has 27 heavy (non-hydrogen) atoms. The highest BCUT2D eigenvalue weighted by atomic mass is 32.2. The number of sulfone groups is 1. The van der Waals surface area contributed by atoms with Crippen molar-refractivity contribution < 1.29 is 22.7 Å². The van der Waals surface area contributed by atoms with Crippen LogP contribution in [0.1, 0.15) is 24.8 Å². The van der Waals surface area contributed by atoms with Crippen molar-refractivity contribution in [3.05, 3.63) is 29.8 Å². The van der Waals surface area contributed by atoms with E-state index in [1.165, 1.54) is 4.90 Å². The zero-order valence-corrected chi connectivity index (χ0v) is 16.5. The summed E-state index contributed by atoms with van der Waals surface area (Å²) in [5, 5.41) is 2.87. The number of hydrogen-bond donors (Lipinski definition) is 1. The standard InChI is InChI=1S/C19H26N2O5S/c1-21(15-8-12-27(24,25)13-15)18(23)19(9-10-19)17(22)20-11-7-14-3-5-16(26-2)6-4-14/h3-6,15H,7-13H2,1-2H3,(H,20,22). The van der Waals surface area contributed by atoms with Crippen molar-refractivity contribution in [1.82, 2.24) is 10.2 Å². The van der Waals surface area contributed by atoms with Gasteiger partial charge in [-0.25, -0.2) is 8.42 Å². The summed E-state index contributed by atoms with van der Waals surface area (Å²) in [5.74, 6) is 0.364. The lowest BCUT2D eigenvalue weighted by Crippen LogP contribution is -2.48. The molecule has 148 valence electrons. The van der Waals surface area contributed by atoms with Crippen LogP contribution in [0.15, 0.2) is 24.3 Å². The van der Waals surface area contributed by atoms with Crippen LogP contribution in [0.5, 0.6) is 5.75 Å². The lowest BCUT2D eigenvalue weighted by atomic mass is 10.0. The van der Waals surface area contributed by atoms with E-state index in [1.54, 1.807) is 14.2 Å². The van der Waals surface area contributed by atoms with Gasteiger partial charge >= 0.3 is 0 Å². The Hall–Kier alpha value is -2.09. The summed E-state index contributed by atoms with van der Waals surface area (Å²) < 4.78 is 28.4. The molecule has 1 atom stereocenters. The van der Waals surface area contributed by atoms with Crippen molar-refractivity contribution in [3.8, 4) is 5.75 Å². The number of ether oxygens (including phenoxy) is 1. The fourth-order valence-electron chi connectivity index (χ4n) is 3.53. The smallest absolute Gasteiger partial charge is 0.238 e. The molecule has 1 heterocycles. The zero-order chi connectivity index (χ0) is 19.7. The Labute approximate surface area is 160 Å². The molecule has 2 aliphatic rings. The minimum atomic E-state index is -3.07. The Balaban J connectivity index is 1.53. The number of nitrogens with one attached hydrogen (secondary N) is 1. The predicted octanol–water partition coefficient (Wildman–Crippen LogP) is 0.780. The molecule has 1 aromatic carbocycles. The fraction of sp³-hybridized carbons (Fsp3) is 0.579. The van der Waals surface area contributed by atoms with Gasteiger partial charge in [0.15, 0.2) is 9.84 Å². The number of methoxy groups -OCH3 is 1. The Kier molecular flexibility index (Phi) is 5.46. The summed E-state index contributed by atoms with van der Waals surface area (Å²) in [4.78, 5) is 26.9. The van der Waals surface area contributed by atoms with Crippen molar-refractivity contribution in [2.24, 2.45) is 5.41 Å². The van der Waals surface area contributed by atoms with Gasteiger partial charge in [0.2, 0.25) is 11.8 Å². The first-order valence-electron chi connectivity index (χ1n) is 9.16. The highest BCUT2D eigenvalue weighted by Crippen LogP contribution is 2.47. The van der Waals surface area contributed by atoms with Gasteiger partial charge in [-0.15, -0.1) is 0 Å². The Morgan fingerprint density at radius 1 is 1.26 bits per heavy atom. The minimum Gasteiger partial charge on any atom is -0.497 e. The molecule has 1 saturated carbocycles. The lowest BCUT2D eigenvalue weighted by Gasteiger charge is -2.27. The maximum Gasteiger partial charge on any atom is 0.238 e. The molecule has 7 nitrogen and oxygen atoms in total. The highest BCUT2D eigenvalue weighted by molar-refractivity contribution is 7.91. The van der Waals surface area contributed by atoms with Gasteiger partial charge in [0, 0.05) is 19.6 Å². The maximum atomic E-state index is 12.8. The van der Waals surface area contributed by atoms with Crippen molar-refractivity contribution >= 4 is 21.7 Å². The number of carbonyl (C=O) groups is 2. The summed E-state index contributed by atoms with van der Waals surface area (Å²) in [6, 6.07) is 7.29. The second-order valence-electron chi connectivity index (χ2n) is 7.41. The van der Waals surface area contributed by atoms with Crippen LogP contribution in [0.25, 0.3) is 0 Å². The number of benzene rings is 1. The van der Waals surface area contributed by atoms with Crippen molar-refractivity contribution in [2.45, 2.75) is 31.7 Å². The molecule has 2 amide bonds. The third kappa shape index (κ3) is 4.26. The first kappa shape index (κ1) is 19.7. The van der Waals surface area contributed by atoms with E-state index < -0.39 is 15.3 Å². The van der Waals surface area contributed by atoms with Crippen LogP contribution in [-0.2, 0) is 25.8 Å². The molecular formula is C19H26N2O5S. The third-order valence-electron chi connectivity index (χ3n) is 5.53. The largest absolute Gasteiger partial charge is 0.497 e. The topological polar surface area (TPSA) is 92.8 Å². The SMILES string of the molecule is COc1ccc(CCNC(=O)C2(C(=O)N(C)C3CCS(=O)(=O)C3)CC2)cc1. The quantitative estimate of drug-likeness (QED) is 0.690. The number of carbonyl (C=O) groups excluding carboxylic acids is 2.